The van der Waals surface area contributed by atoms with Gasteiger partial charge in [-0.2, -0.15) is 0 Å². The fourth-order valence-corrected chi connectivity index (χ4v) is 1.32. The Hall–Kier alpha value is -1.91. The molecule has 0 N–H and O–H groups in total. The van der Waals surface area contributed by atoms with Crippen LogP contribution in [0.2, 0.25) is 0 Å². The van der Waals surface area contributed by atoms with Gasteiger partial charge in [0.25, 0.3) is 5.69 Å². The Labute approximate surface area is 99.5 Å². The summed E-state index contributed by atoms with van der Waals surface area (Å²) in [6.07, 6.45) is 0. The first-order valence-corrected chi connectivity index (χ1v) is 5.19. The van der Waals surface area contributed by atoms with Gasteiger partial charge < -0.3 is 4.74 Å². The van der Waals surface area contributed by atoms with Crippen LogP contribution in [0.3, 0.4) is 0 Å². The molecule has 1 rings (SSSR count). The van der Waals surface area contributed by atoms with Crippen molar-refractivity contribution in [3.8, 4) is 0 Å². The molecule has 0 fully saturated rings. The number of nitrogens with zero attached hydrogens (tertiary/aromatic N) is 1. The molecule has 92 valence electrons. The normalized spacial score (nSPS) is 11.1. The Morgan fingerprint density at radius 1 is 1.35 bits per heavy atom. The Balaban J connectivity index is 2.98. The molecule has 17 heavy (non-hydrogen) atoms. The van der Waals surface area contributed by atoms with Gasteiger partial charge in [-0.1, -0.05) is 0 Å². The molecule has 0 bridgehead atoms. The first kappa shape index (κ1) is 13.2. The second-order valence-electron chi connectivity index (χ2n) is 4.76. The molecule has 5 heteroatoms. The van der Waals surface area contributed by atoms with Crippen LogP contribution in [-0.2, 0) is 4.74 Å². The molecule has 0 heterocycles. The number of rotatable bonds is 2. The maximum atomic E-state index is 11.7. The first-order valence-electron chi connectivity index (χ1n) is 5.19. The van der Waals surface area contributed by atoms with E-state index in [1.54, 1.807) is 27.7 Å². The van der Waals surface area contributed by atoms with E-state index in [9.17, 15) is 14.9 Å². The molecule has 0 saturated heterocycles. The summed E-state index contributed by atoms with van der Waals surface area (Å²) in [5, 5.41) is 10.6. The minimum absolute atomic E-state index is 0.00249. The number of benzene rings is 1. The lowest BCUT2D eigenvalue weighted by molar-refractivity contribution is -0.385. The van der Waals surface area contributed by atoms with Crippen LogP contribution in [0.25, 0.3) is 0 Å². The van der Waals surface area contributed by atoms with Gasteiger partial charge in [0.15, 0.2) is 0 Å². The monoisotopic (exact) mass is 237 g/mol. The first-order chi connectivity index (χ1) is 7.70. The number of nitro groups is 1. The van der Waals surface area contributed by atoms with Gasteiger partial charge in [-0.05, 0) is 39.8 Å². The molecular formula is C12H15NO4. The van der Waals surface area contributed by atoms with Crippen LogP contribution in [0.1, 0.15) is 36.7 Å². The number of carbonyl (C=O) groups excluding carboxylic acids is 1. The number of carbonyl (C=O) groups is 1. The highest BCUT2D eigenvalue weighted by molar-refractivity contribution is 5.90. The summed E-state index contributed by atoms with van der Waals surface area (Å²) in [5.41, 5.74) is 0.186. The second-order valence-corrected chi connectivity index (χ2v) is 4.76. The van der Waals surface area contributed by atoms with Crippen LogP contribution in [0.4, 0.5) is 5.69 Å². The van der Waals surface area contributed by atoms with Gasteiger partial charge in [0, 0.05) is 11.6 Å². The topological polar surface area (TPSA) is 69.4 Å². The SMILES string of the molecule is Cc1cc(C(=O)OC(C)(C)C)ccc1[N+](=O)[O-]. The van der Waals surface area contributed by atoms with Gasteiger partial charge in [0.2, 0.25) is 0 Å². The quantitative estimate of drug-likeness (QED) is 0.450. The van der Waals surface area contributed by atoms with Crippen molar-refractivity contribution in [2.75, 3.05) is 0 Å². The summed E-state index contributed by atoms with van der Waals surface area (Å²) in [7, 11) is 0. The lowest BCUT2D eigenvalue weighted by Crippen LogP contribution is -2.23. The Morgan fingerprint density at radius 2 is 1.94 bits per heavy atom. The molecule has 0 aromatic heterocycles. The van der Waals surface area contributed by atoms with E-state index in [-0.39, 0.29) is 5.69 Å². The van der Waals surface area contributed by atoms with Gasteiger partial charge in [-0.3, -0.25) is 10.1 Å². The van der Waals surface area contributed by atoms with Crippen LogP contribution in [0, 0.1) is 17.0 Å². The molecule has 0 aliphatic rings. The average molecular weight is 237 g/mol. The van der Waals surface area contributed by atoms with Crippen molar-refractivity contribution in [3.05, 3.63) is 39.4 Å². The molecule has 1 aromatic carbocycles. The second kappa shape index (κ2) is 4.53. The van der Waals surface area contributed by atoms with Crippen molar-refractivity contribution < 1.29 is 14.5 Å². The van der Waals surface area contributed by atoms with Gasteiger partial charge in [-0.15, -0.1) is 0 Å². The molecule has 0 atom stereocenters. The van der Waals surface area contributed by atoms with E-state index in [0.29, 0.717) is 11.1 Å². The van der Waals surface area contributed by atoms with Gasteiger partial charge in [-0.25, -0.2) is 4.79 Å². The molecule has 5 nitrogen and oxygen atoms in total. The predicted molar refractivity (Wildman–Crippen MR) is 63.0 cm³/mol. The van der Waals surface area contributed by atoms with E-state index in [4.69, 9.17) is 4.74 Å². The van der Waals surface area contributed by atoms with E-state index in [1.165, 1.54) is 18.2 Å². The van der Waals surface area contributed by atoms with Crippen LogP contribution in [0.15, 0.2) is 18.2 Å². The third kappa shape index (κ3) is 3.55. The van der Waals surface area contributed by atoms with E-state index in [1.807, 2.05) is 0 Å². The van der Waals surface area contributed by atoms with Crippen LogP contribution < -0.4 is 0 Å². The smallest absolute Gasteiger partial charge is 0.338 e. The van der Waals surface area contributed by atoms with Crippen LogP contribution >= 0.6 is 0 Å². The summed E-state index contributed by atoms with van der Waals surface area (Å²) in [4.78, 5) is 21.8. The third-order valence-corrected chi connectivity index (χ3v) is 2.03. The molecule has 0 aliphatic carbocycles. The summed E-state index contributed by atoms with van der Waals surface area (Å²) in [6.45, 7) is 6.89. The summed E-state index contributed by atoms with van der Waals surface area (Å²) < 4.78 is 5.17. The van der Waals surface area contributed by atoms with Gasteiger partial charge in [0.1, 0.15) is 5.60 Å². The van der Waals surface area contributed by atoms with Crippen molar-refractivity contribution in [2.24, 2.45) is 0 Å². The zero-order valence-electron chi connectivity index (χ0n) is 10.3. The fourth-order valence-electron chi connectivity index (χ4n) is 1.32. The van der Waals surface area contributed by atoms with Crippen molar-refractivity contribution >= 4 is 11.7 Å². The summed E-state index contributed by atoms with van der Waals surface area (Å²) in [6, 6.07) is 4.18. The molecule has 0 saturated carbocycles. The van der Waals surface area contributed by atoms with E-state index in [2.05, 4.69) is 0 Å². The Bertz CT molecular complexity index is 460. The minimum Gasteiger partial charge on any atom is -0.456 e. The Morgan fingerprint density at radius 3 is 2.35 bits per heavy atom. The van der Waals surface area contributed by atoms with Crippen molar-refractivity contribution in [2.45, 2.75) is 33.3 Å². The number of ether oxygens (including phenoxy) is 1. The van der Waals surface area contributed by atoms with E-state index < -0.39 is 16.5 Å². The van der Waals surface area contributed by atoms with E-state index >= 15 is 0 Å². The molecule has 0 amide bonds. The van der Waals surface area contributed by atoms with Gasteiger partial charge in [0.05, 0.1) is 10.5 Å². The highest BCUT2D eigenvalue weighted by Crippen LogP contribution is 2.20. The Kier molecular flexibility index (Phi) is 3.50. The van der Waals surface area contributed by atoms with Crippen molar-refractivity contribution in [1.82, 2.24) is 0 Å². The molecular weight excluding hydrogens is 222 g/mol. The van der Waals surface area contributed by atoms with E-state index in [0.717, 1.165) is 0 Å². The number of hydrogen-bond acceptors (Lipinski definition) is 4. The fraction of sp³-hybridized carbons (Fsp3) is 0.417. The standard InChI is InChI=1S/C12H15NO4/c1-8-7-9(5-6-10(8)13(15)16)11(14)17-12(2,3)4/h5-7H,1-4H3. The highest BCUT2D eigenvalue weighted by Gasteiger charge is 2.19. The zero-order valence-corrected chi connectivity index (χ0v) is 10.3. The number of hydrogen-bond donors (Lipinski definition) is 0. The molecule has 0 aliphatic heterocycles. The molecule has 0 unspecified atom stereocenters. The molecule has 0 spiro atoms. The maximum Gasteiger partial charge on any atom is 0.338 e. The lowest BCUT2D eigenvalue weighted by atomic mass is 10.1. The van der Waals surface area contributed by atoms with Gasteiger partial charge >= 0.3 is 5.97 Å². The lowest BCUT2D eigenvalue weighted by Gasteiger charge is -2.19. The third-order valence-electron chi connectivity index (χ3n) is 2.03. The largest absolute Gasteiger partial charge is 0.456 e. The number of nitro benzene ring substituents is 1. The number of esters is 1. The summed E-state index contributed by atoms with van der Waals surface area (Å²) >= 11 is 0. The highest BCUT2D eigenvalue weighted by atomic mass is 16.6. The predicted octanol–water partition coefficient (Wildman–Crippen LogP) is 2.86. The van der Waals surface area contributed by atoms with Crippen LogP contribution in [0.5, 0.6) is 0 Å². The summed E-state index contributed by atoms with van der Waals surface area (Å²) in [5.74, 6) is -0.476. The zero-order chi connectivity index (χ0) is 13.2. The maximum absolute atomic E-state index is 11.7. The average Bonchev–Trinajstić information content (AvgIpc) is 2.14. The molecule has 0 radical (unpaired) electrons. The number of aryl methyl sites for hydroxylation is 1. The van der Waals surface area contributed by atoms with Crippen molar-refractivity contribution in [3.63, 3.8) is 0 Å². The molecule has 1 aromatic rings. The minimum atomic E-state index is -0.577. The van der Waals surface area contributed by atoms with Crippen LogP contribution in [-0.4, -0.2) is 16.5 Å². The van der Waals surface area contributed by atoms with Crippen molar-refractivity contribution in [1.29, 1.82) is 0 Å².